The van der Waals surface area contributed by atoms with Crippen LogP contribution in [-0.2, 0) is 20.9 Å². The number of hydrogen-bond acceptors (Lipinski definition) is 5. The second-order valence-corrected chi connectivity index (χ2v) is 6.76. The number of non-ortho nitro benzene ring substituents is 1. The molecule has 3 rings (SSSR count). The molecule has 1 N–H and O–H groups in total. The summed E-state index contributed by atoms with van der Waals surface area (Å²) in [5, 5.41) is 13.7. The van der Waals surface area contributed by atoms with Crippen molar-refractivity contribution < 1.29 is 19.2 Å². The zero-order chi connectivity index (χ0) is 20.3. The molecule has 1 heterocycles. The monoisotopic (exact) mass is 380 g/mol. The van der Waals surface area contributed by atoms with Gasteiger partial charge in [-0.25, -0.2) is 4.79 Å². The molecule has 28 heavy (non-hydrogen) atoms. The summed E-state index contributed by atoms with van der Waals surface area (Å²) in [6.07, 6.45) is 0.0213. The van der Waals surface area contributed by atoms with E-state index in [1.165, 1.54) is 12.1 Å². The first kappa shape index (κ1) is 19.3. The van der Waals surface area contributed by atoms with Gasteiger partial charge in [0.2, 0.25) is 5.91 Å². The molecular weight excluding hydrogens is 360 g/mol. The second kappa shape index (κ2) is 8.04. The number of carbonyl (C=O) groups excluding carboxylic acids is 2. The lowest BCUT2D eigenvalue weighted by Gasteiger charge is -2.26. The lowest BCUT2D eigenvalue weighted by Crippen LogP contribution is -2.34. The number of nitro benzene ring substituents is 1. The molecule has 0 aromatic heterocycles. The van der Waals surface area contributed by atoms with Gasteiger partial charge in [-0.15, -0.1) is 0 Å². The highest BCUT2D eigenvalue weighted by Crippen LogP contribution is 2.35. The molecule has 0 bridgehead atoms. The summed E-state index contributed by atoms with van der Waals surface area (Å²) < 4.78 is 5.46. The highest BCUT2D eigenvalue weighted by molar-refractivity contribution is 5.95. The molecule has 0 aliphatic carbocycles. The first-order chi connectivity index (χ1) is 13.3. The topological polar surface area (TPSA) is 98.5 Å². The largest absolute Gasteiger partial charge is 0.457 e. The van der Waals surface area contributed by atoms with Crippen molar-refractivity contribution in [2.24, 2.45) is 0 Å². The number of nitrogens with zero attached hydrogens (tertiary/aromatic N) is 1. The Hall–Kier alpha value is -3.48. The van der Waals surface area contributed by atoms with E-state index in [9.17, 15) is 19.7 Å². The summed E-state index contributed by atoms with van der Waals surface area (Å²) in [6, 6.07) is 13.6. The predicted octanol–water partition coefficient (Wildman–Crippen LogP) is 3.52. The van der Waals surface area contributed by atoms with Crippen molar-refractivity contribution in [2.45, 2.75) is 32.8 Å². The van der Waals surface area contributed by atoms with Gasteiger partial charge in [0.25, 0.3) is 5.69 Å². The number of ether oxygens (including phenoxy) is 1. The van der Waals surface area contributed by atoms with Crippen LogP contribution in [0, 0.1) is 17.0 Å². The van der Waals surface area contributed by atoms with Crippen LogP contribution >= 0.6 is 0 Å². The fourth-order valence-electron chi connectivity index (χ4n) is 3.22. The Morgan fingerprint density at radius 2 is 1.93 bits per heavy atom. The summed E-state index contributed by atoms with van der Waals surface area (Å²) in [5.41, 5.74) is 3.12. The van der Waals surface area contributed by atoms with Crippen LogP contribution in [0.25, 0.3) is 0 Å². The molecule has 1 aliphatic heterocycles. The van der Waals surface area contributed by atoms with Crippen LogP contribution in [0.3, 0.4) is 0 Å². The standard InChI is InChI=1S/C21H20N2O5/c1-13-6-8-15(9-7-13)12-28-21(25)20-14(2)22-19(24)11-18(20)16-4-3-5-17(10-16)23(26)27/h3-10,18H,11-12H2,1-2H3,(H,22,24)/t18-/m0/s1. The van der Waals surface area contributed by atoms with E-state index in [1.54, 1.807) is 19.1 Å². The van der Waals surface area contributed by atoms with Crippen molar-refractivity contribution in [1.29, 1.82) is 0 Å². The number of benzene rings is 2. The summed E-state index contributed by atoms with van der Waals surface area (Å²) in [7, 11) is 0. The number of aryl methyl sites for hydroxylation is 1. The zero-order valence-corrected chi connectivity index (χ0v) is 15.6. The highest BCUT2D eigenvalue weighted by atomic mass is 16.6. The third kappa shape index (κ3) is 4.25. The summed E-state index contributed by atoms with van der Waals surface area (Å²) in [5.74, 6) is -1.39. The zero-order valence-electron chi connectivity index (χ0n) is 15.6. The first-order valence-electron chi connectivity index (χ1n) is 8.83. The van der Waals surface area contributed by atoms with Crippen LogP contribution in [-0.4, -0.2) is 16.8 Å². The van der Waals surface area contributed by atoms with E-state index in [1.807, 2.05) is 31.2 Å². The van der Waals surface area contributed by atoms with Crippen molar-refractivity contribution in [1.82, 2.24) is 5.32 Å². The summed E-state index contributed by atoms with van der Waals surface area (Å²) >= 11 is 0. The minimum Gasteiger partial charge on any atom is -0.457 e. The molecule has 1 aliphatic rings. The Morgan fingerprint density at radius 1 is 1.21 bits per heavy atom. The molecule has 7 heteroatoms. The fourth-order valence-corrected chi connectivity index (χ4v) is 3.22. The average molecular weight is 380 g/mol. The van der Waals surface area contributed by atoms with Gasteiger partial charge in [0.15, 0.2) is 0 Å². The maximum absolute atomic E-state index is 12.8. The molecular formula is C21H20N2O5. The lowest BCUT2D eigenvalue weighted by molar-refractivity contribution is -0.384. The SMILES string of the molecule is CC1=C(C(=O)OCc2ccc(C)cc2)[C@H](c2cccc([N+](=O)[O-])c2)CC(=O)N1. The number of nitrogens with one attached hydrogen (secondary N) is 1. The quantitative estimate of drug-likeness (QED) is 0.486. The minimum absolute atomic E-state index is 0.0213. The van der Waals surface area contributed by atoms with Crippen molar-refractivity contribution in [3.63, 3.8) is 0 Å². The number of amides is 1. The van der Waals surface area contributed by atoms with Crippen molar-refractivity contribution in [3.8, 4) is 0 Å². The molecule has 1 amide bonds. The molecule has 0 fully saturated rings. The van der Waals surface area contributed by atoms with E-state index >= 15 is 0 Å². The summed E-state index contributed by atoms with van der Waals surface area (Å²) in [6.45, 7) is 3.70. The van der Waals surface area contributed by atoms with Crippen LogP contribution in [0.5, 0.6) is 0 Å². The van der Waals surface area contributed by atoms with E-state index in [0.717, 1.165) is 11.1 Å². The molecule has 2 aromatic rings. The van der Waals surface area contributed by atoms with Crippen molar-refractivity contribution in [2.75, 3.05) is 0 Å². The van der Waals surface area contributed by atoms with E-state index in [2.05, 4.69) is 5.32 Å². The third-order valence-corrected chi connectivity index (χ3v) is 4.66. The van der Waals surface area contributed by atoms with Gasteiger partial charge in [0.1, 0.15) is 6.61 Å². The number of esters is 1. The van der Waals surface area contributed by atoms with Crippen LogP contribution in [0.1, 0.15) is 36.0 Å². The maximum atomic E-state index is 12.8. The molecule has 1 atom stereocenters. The van der Waals surface area contributed by atoms with Gasteiger partial charge in [-0.2, -0.15) is 0 Å². The molecule has 7 nitrogen and oxygen atoms in total. The fraction of sp³-hybridized carbons (Fsp3) is 0.238. The molecule has 0 saturated carbocycles. The van der Waals surface area contributed by atoms with Crippen LogP contribution in [0.2, 0.25) is 0 Å². The van der Waals surface area contributed by atoms with Crippen molar-refractivity contribution in [3.05, 3.63) is 86.6 Å². The first-order valence-corrected chi connectivity index (χ1v) is 8.83. The van der Waals surface area contributed by atoms with Gasteiger partial charge in [0.05, 0.1) is 10.5 Å². The van der Waals surface area contributed by atoms with Gasteiger partial charge >= 0.3 is 5.97 Å². The molecule has 0 unspecified atom stereocenters. The molecule has 0 spiro atoms. The number of nitro groups is 1. The number of carbonyl (C=O) groups is 2. The Kier molecular flexibility index (Phi) is 5.54. The van der Waals surface area contributed by atoms with Gasteiger partial charge in [-0.1, -0.05) is 42.0 Å². The third-order valence-electron chi connectivity index (χ3n) is 4.66. The van der Waals surface area contributed by atoms with Crippen LogP contribution < -0.4 is 5.32 Å². The Bertz CT molecular complexity index is 963. The second-order valence-electron chi connectivity index (χ2n) is 6.76. The van der Waals surface area contributed by atoms with Gasteiger partial charge in [-0.3, -0.25) is 14.9 Å². The van der Waals surface area contributed by atoms with Crippen molar-refractivity contribution >= 4 is 17.6 Å². The highest BCUT2D eigenvalue weighted by Gasteiger charge is 2.33. The molecule has 2 aromatic carbocycles. The number of hydrogen-bond donors (Lipinski definition) is 1. The van der Waals surface area contributed by atoms with E-state index in [-0.39, 0.29) is 24.6 Å². The summed E-state index contributed by atoms with van der Waals surface area (Å²) in [4.78, 5) is 35.4. The predicted molar refractivity (Wildman–Crippen MR) is 102 cm³/mol. The smallest absolute Gasteiger partial charge is 0.336 e. The molecule has 144 valence electrons. The van der Waals surface area contributed by atoms with Crippen LogP contribution in [0.4, 0.5) is 5.69 Å². The van der Waals surface area contributed by atoms with E-state index in [4.69, 9.17) is 4.74 Å². The lowest BCUT2D eigenvalue weighted by atomic mass is 9.84. The Balaban J connectivity index is 1.86. The Labute approximate surface area is 162 Å². The number of allylic oxidation sites excluding steroid dienone is 1. The van der Waals surface area contributed by atoms with Gasteiger partial charge in [0, 0.05) is 30.2 Å². The van der Waals surface area contributed by atoms with Crippen LogP contribution in [0.15, 0.2) is 59.8 Å². The Morgan fingerprint density at radius 3 is 2.61 bits per heavy atom. The van der Waals surface area contributed by atoms with E-state index in [0.29, 0.717) is 16.8 Å². The van der Waals surface area contributed by atoms with Gasteiger partial charge in [-0.05, 0) is 25.0 Å². The van der Waals surface area contributed by atoms with E-state index < -0.39 is 16.8 Å². The molecule has 0 saturated heterocycles. The normalized spacial score (nSPS) is 16.5. The number of rotatable bonds is 5. The molecule has 0 radical (unpaired) electrons. The average Bonchev–Trinajstić information content (AvgIpc) is 2.66. The van der Waals surface area contributed by atoms with Gasteiger partial charge < -0.3 is 10.1 Å². The maximum Gasteiger partial charge on any atom is 0.336 e. The minimum atomic E-state index is -0.598.